The van der Waals surface area contributed by atoms with E-state index in [1.807, 2.05) is 0 Å². The predicted molar refractivity (Wildman–Crippen MR) is 94.2 cm³/mol. The predicted octanol–water partition coefficient (Wildman–Crippen LogP) is 2.80. The summed E-state index contributed by atoms with van der Waals surface area (Å²) >= 11 is 0. The lowest BCUT2D eigenvalue weighted by molar-refractivity contribution is 0.0600. The summed E-state index contributed by atoms with van der Waals surface area (Å²) in [6, 6.07) is 3.46. The topological polar surface area (TPSA) is 80.5 Å². The maximum absolute atomic E-state index is 13.8. The molecule has 2 aromatic heterocycles. The number of nitrogens with one attached hydrogen (secondary N) is 2. The van der Waals surface area contributed by atoms with E-state index in [-0.39, 0.29) is 17.0 Å². The highest BCUT2D eigenvalue weighted by Crippen LogP contribution is 2.29. The first-order valence-corrected chi connectivity index (χ1v) is 8.54. The summed E-state index contributed by atoms with van der Waals surface area (Å²) in [6.07, 6.45) is -0.0155. The number of anilines is 1. The number of fused-ring (bicyclic) bond motifs is 2. The summed E-state index contributed by atoms with van der Waals surface area (Å²) in [6.45, 7) is 1.28. The molecule has 28 heavy (non-hydrogen) atoms. The van der Waals surface area contributed by atoms with Gasteiger partial charge in [0.1, 0.15) is 35.6 Å². The molecule has 1 aliphatic rings. The van der Waals surface area contributed by atoms with Crippen molar-refractivity contribution in [1.29, 1.82) is 0 Å². The summed E-state index contributed by atoms with van der Waals surface area (Å²) in [7, 11) is 0. The van der Waals surface area contributed by atoms with Crippen LogP contribution in [-0.4, -0.2) is 39.6 Å². The van der Waals surface area contributed by atoms with Crippen LogP contribution in [0.15, 0.2) is 36.7 Å². The zero-order valence-electron chi connectivity index (χ0n) is 14.7. The second-order valence-corrected chi connectivity index (χ2v) is 6.41. The molecule has 0 fully saturated rings. The Hall–Kier alpha value is -3.30. The van der Waals surface area contributed by atoms with Crippen molar-refractivity contribution in [2.45, 2.75) is 25.4 Å². The standard InChI is InChI=1S/C18H16F3N5O2/c1-9-11-6-10(19)2-3-14(11)28-8-13(16(20)21)24-18(27)12-7-22-26-5-4-15(23-9)25-17(12)26/h2-7,9,13,16H,8H2,1H3,(H,23,25)(H,24,27)/t9-,13+/m1/s1. The molecule has 3 aromatic rings. The van der Waals surface area contributed by atoms with Crippen LogP contribution >= 0.6 is 0 Å². The van der Waals surface area contributed by atoms with Crippen molar-refractivity contribution >= 4 is 17.4 Å². The molecule has 0 unspecified atom stereocenters. The Morgan fingerprint density at radius 3 is 2.89 bits per heavy atom. The molecule has 0 spiro atoms. The Morgan fingerprint density at radius 1 is 1.29 bits per heavy atom. The fourth-order valence-corrected chi connectivity index (χ4v) is 3.00. The Kier molecular flexibility index (Phi) is 4.54. The van der Waals surface area contributed by atoms with Crippen molar-refractivity contribution in [2.24, 2.45) is 0 Å². The number of amides is 1. The smallest absolute Gasteiger partial charge is 0.261 e. The normalized spacial score (nSPS) is 19.8. The van der Waals surface area contributed by atoms with E-state index in [0.717, 1.165) is 0 Å². The van der Waals surface area contributed by atoms with Gasteiger partial charge in [-0.1, -0.05) is 0 Å². The van der Waals surface area contributed by atoms with E-state index in [4.69, 9.17) is 4.74 Å². The van der Waals surface area contributed by atoms with Crippen molar-refractivity contribution < 1.29 is 22.7 Å². The molecule has 7 nitrogen and oxygen atoms in total. The van der Waals surface area contributed by atoms with Gasteiger partial charge in [0, 0.05) is 11.8 Å². The fraction of sp³-hybridized carbons (Fsp3) is 0.278. The number of rotatable bonds is 1. The summed E-state index contributed by atoms with van der Waals surface area (Å²) in [5.74, 6) is -0.570. The van der Waals surface area contributed by atoms with E-state index in [0.29, 0.717) is 11.4 Å². The number of halogens is 3. The summed E-state index contributed by atoms with van der Waals surface area (Å²) < 4.78 is 47.6. The Morgan fingerprint density at radius 2 is 2.11 bits per heavy atom. The number of carbonyl (C=O) groups excluding carboxylic acids is 1. The molecule has 1 aliphatic heterocycles. The zero-order chi connectivity index (χ0) is 19.8. The summed E-state index contributed by atoms with van der Waals surface area (Å²) in [5, 5.41) is 9.39. The average molecular weight is 391 g/mol. The van der Waals surface area contributed by atoms with Gasteiger partial charge in [-0.15, -0.1) is 0 Å². The highest BCUT2D eigenvalue weighted by molar-refractivity contribution is 6.00. The second kappa shape index (κ2) is 7.02. The van der Waals surface area contributed by atoms with Crippen molar-refractivity contribution in [3.8, 4) is 5.75 Å². The van der Waals surface area contributed by atoms with Crippen molar-refractivity contribution in [2.75, 3.05) is 11.9 Å². The third-order valence-corrected chi connectivity index (χ3v) is 4.46. The molecule has 1 amide bonds. The van der Waals surface area contributed by atoms with Crippen molar-refractivity contribution in [3.63, 3.8) is 0 Å². The van der Waals surface area contributed by atoms with Crippen LogP contribution in [0.25, 0.3) is 5.65 Å². The van der Waals surface area contributed by atoms with Crippen LogP contribution < -0.4 is 15.4 Å². The molecular formula is C18H16F3N5O2. The maximum atomic E-state index is 13.8. The molecular weight excluding hydrogens is 375 g/mol. The number of carbonyl (C=O) groups is 1. The van der Waals surface area contributed by atoms with Crippen LogP contribution in [0.1, 0.15) is 28.9 Å². The van der Waals surface area contributed by atoms with Gasteiger partial charge in [-0.25, -0.2) is 22.7 Å². The largest absolute Gasteiger partial charge is 0.491 e. The number of aromatic nitrogens is 3. The molecule has 0 saturated carbocycles. The van der Waals surface area contributed by atoms with Gasteiger partial charge in [0.15, 0.2) is 5.65 Å². The Balaban J connectivity index is 1.83. The minimum Gasteiger partial charge on any atom is -0.491 e. The van der Waals surface area contributed by atoms with Gasteiger partial charge < -0.3 is 15.4 Å². The lowest BCUT2D eigenvalue weighted by Crippen LogP contribution is -2.44. The molecule has 0 saturated heterocycles. The number of alkyl halides is 2. The van der Waals surface area contributed by atoms with E-state index < -0.39 is 36.8 Å². The monoisotopic (exact) mass is 391 g/mol. The quantitative estimate of drug-likeness (QED) is 0.667. The fourth-order valence-electron chi connectivity index (χ4n) is 3.00. The number of nitrogens with zero attached hydrogens (tertiary/aromatic N) is 3. The van der Waals surface area contributed by atoms with Gasteiger partial charge in [0.2, 0.25) is 0 Å². The third kappa shape index (κ3) is 3.32. The van der Waals surface area contributed by atoms with E-state index in [2.05, 4.69) is 20.7 Å². The minimum absolute atomic E-state index is 0.0600. The van der Waals surface area contributed by atoms with Gasteiger partial charge in [0.25, 0.3) is 12.3 Å². The van der Waals surface area contributed by atoms with Crippen LogP contribution in [0.5, 0.6) is 5.75 Å². The number of ether oxygens (including phenoxy) is 1. The highest BCUT2D eigenvalue weighted by atomic mass is 19.3. The van der Waals surface area contributed by atoms with Crippen molar-refractivity contribution in [3.05, 3.63) is 53.6 Å². The first-order chi connectivity index (χ1) is 13.4. The molecule has 2 atom stereocenters. The zero-order valence-corrected chi connectivity index (χ0v) is 14.7. The van der Waals surface area contributed by atoms with Gasteiger partial charge >= 0.3 is 0 Å². The molecule has 0 aliphatic carbocycles. The van der Waals surface area contributed by atoms with E-state index in [1.54, 1.807) is 19.2 Å². The average Bonchev–Trinajstić information content (AvgIpc) is 3.08. The lowest BCUT2D eigenvalue weighted by Gasteiger charge is -2.21. The summed E-state index contributed by atoms with van der Waals surface area (Å²) in [5.41, 5.74) is 0.709. The number of hydrogen-bond acceptors (Lipinski definition) is 5. The Bertz CT molecular complexity index is 1040. The molecule has 146 valence electrons. The van der Waals surface area contributed by atoms with Crippen LogP contribution in [0.2, 0.25) is 0 Å². The molecule has 1 aromatic carbocycles. The number of hydrogen-bond donors (Lipinski definition) is 2. The van der Waals surface area contributed by atoms with Gasteiger partial charge in [-0.3, -0.25) is 4.79 Å². The molecule has 3 heterocycles. The van der Waals surface area contributed by atoms with Crippen LogP contribution in [0, 0.1) is 5.82 Å². The molecule has 2 N–H and O–H groups in total. The van der Waals surface area contributed by atoms with Crippen molar-refractivity contribution in [1.82, 2.24) is 19.9 Å². The highest BCUT2D eigenvalue weighted by Gasteiger charge is 2.27. The SMILES string of the molecule is C[C@H]1Nc2ccn3ncc(c3n2)C(=O)N[C@H](C(F)F)COc2ccc(F)cc21. The second-order valence-electron chi connectivity index (χ2n) is 6.41. The molecule has 4 rings (SSSR count). The Labute approximate surface area is 157 Å². The first-order valence-electron chi connectivity index (χ1n) is 8.54. The van der Waals surface area contributed by atoms with Gasteiger partial charge in [0.05, 0.1) is 12.2 Å². The molecule has 0 radical (unpaired) electrons. The van der Waals surface area contributed by atoms with Gasteiger partial charge in [-0.2, -0.15) is 5.10 Å². The van der Waals surface area contributed by atoms with Gasteiger partial charge in [-0.05, 0) is 31.2 Å². The first kappa shape index (κ1) is 18.1. The maximum Gasteiger partial charge on any atom is 0.261 e. The third-order valence-electron chi connectivity index (χ3n) is 4.46. The lowest BCUT2D eigenvalue weighted by atomic mass is 10.1. The van der Waals surface area contributed by atoms with E-state index in [9.17, 15) is 18.0 Å². The van der Waals surface area contributed by atoms with Crippen LogP contribution in [-0.2, 0) is 0 Å². The molecule has 10 heteroatoms. The minimum atomic E-state index is -2.86. The summed E-state index contributed by atoms with van der Waals surface area (Å²) in [4.78, 5) is 16.9. The number of benzene rings is 1. The van der Waals surface area contributed by atoms with Crippen LogP contribution in [0.4, 0.5) is 19.0 Å². The van der Waals surface area contributed by atoms with E-state index in [1.165, 1.54) is 28.9 Å². The van der Waals surface area contributed by atoms with E-state index >= 15 is 0 Å². The molecule has 2 bridgehead atoms. The van der Waals surface area contributed by atoms with Crippen LogP contribution in [0.3, 0.4) is 0 Å².